The van der Waals surface area contributed by atoms with E-state index in [0.717, 1.165) is 22.4 Å². The average molecular weight is 325 g/mol. The predicted molar refractivity (Wildman–Crippen MR) is 92.2 cm³/mol. The second kappa shape index (κ2) is 6.05. The minimum Gasteiger partial charge on any atom is -0.245 e. The van der Waals surface area contributed by atoms with Crippen molar-refractivity contribution >= 4 is 10.0 Å². The molecule has 0 fully saturated rings. The summed E-state index contributed by atoms with van der Waals surface area (Å²) in [6.45, 7) is 3.89. The molecule has 0 bridgehead atoms. The molecule has 0 saturated carbocycles. The molecule has 0 N–H and O–H groups in total. The first kappa shape index (κ1) is 15.6. The van der Waals surface area contributed by atoms with Crippen LogP contribution in [0.4, 0.5) is 0 Å². The first-order valence-corrected chi connectivity index (χ1v) is 8.95. The van der Waals surface area contributed by atoms with Gasteiger partial charge in [0.05, 0.1) is 4.90 Å². The quantitative estimate of drug-likeness (QED) is 0.729. The Morgan fingerprint density at radius 2 is 1.52 bits per heavy atom. The summed E-state index contributed by atoms with van der Waals surface area (Å²) in [6.07, 6.45) is 2.23. The second-order valence-corrected chi connectivity index (χ2v) is 7.54. The highest BCUT2D eigenvalue weighted by Crippen LogP contribution is 2.22. The van der Waals surface area contributed by atoms with E-state index in [4.69, 9.17) is 0 Å². The minimum atomic E-state index is -3.57. The maximum atomic E-state index is 12.9. The highest BCUT2D eigenvalue weighted by atomic mass is 32.2. The fourth-order valence-electron chi connectivity index (χ4n) is 2.60. The van der Waals surface area contributed by atoms with Crippen LogP contribution in [0.1, 0.15) is 22.4 Å². The summed E-state index contributed by atoms with van der Waals surface area (Å²) < 4.78 is 27.3. The zero-order chi connectivity index (χ0) is 16.4. The van der Waals surface area contributed by atoms with Gasteiger partial charge in [-0.15, -0.1) is 0 Å². The molecule has 23 heavy (non-hydrogen) atoms. The Balaban J connectivity index is 2.05. The van der Waals surface area contributed by atoms with Crippen LogP contribution >= 0.6 is 0 Å². The van der Waals surface area contributed by atoms with Crippen LogP contribution in [0.25, 0.3) is 0 Å². The molecule has 0 aliphatic rings. The van der Waals surface area contributed by atoms with Gasteiger partial charge in [0, 0.05) is 18.3 Å². The van der Waals surface area contributed by atoms with Crippen LogP contribution in [0, 0.1) is 13.8 Å². The van der Waals surface area contributed by atoms with Gasteiger partial charge in [-0.3, -0.25) is 0 Å². The van der Waals surface area contributed by atoms with E-state index in [9.17, 15) is 8.42 Å². The Morgan fingerprint density at radius 1 is 0.870 bits per heavy atom. The van der Waals surface area contributed by atoms with E-state index in [1.165, 1.54) is 3.97 Å². The number of benzene rings is 2. The Hall–Kier alpha value is -2.33. The van der Waals surface area contributed by atoms with E-state index in [0.29, 0.717) is 11.3 Å². The molecule has 0 saturated heterocycles. The Bertz CT molecular complexity index is 908. The lowest BCUT2D eigenvalue weighted by molar-refractivity contribution is 0.585. The number of rotatable bonds is 4. The summed E-state index contributed by atoms with van der Waals surface area (Å²) >= 11 is 0. The van der Waals surface area contributed by atoms with Crippen LogP contribution in [-0.4, -0.2) is 12.4 Å². The van der Waals surface area contributed by atoms with Crippen molar-refractivity contribution in [3.8, 4) is 0 Å². The summed E-state index contributed by atoms with van der Waals surface area (Å²) in [5.41, 5.74) is 3.91. The van der Waals surface area contributed by atoms with E-state index in [1.54, 1.807) is 18.3 Å². The normalized spacial score (nSPS) is 11.6. The van der Waals surface area contributed by atoms with Crippen molar-refractivity contribution < 1.29 is 8.42 Å². The maximum Gasteiger partial charge on any atom is 0.267 e. The van der Waals surface area contributed by atoms with Crippen LogP contribution < -0.4 is 0 Å². The minimum absolute atomic E-state index is 0.313. The molecule has 0 aliphatic heterocycles. The van der Waals surface area contributed by atoms with Crippen molar-refractivity contribution in [2.45, 2.75) is 25.2 Å². The molecule has 4 heteroatoms. The van der Waals surface area contributed by atoms with Gasteiger partial charge in [-0.2, -0.15) is 0 Å². The van der Waals surface area contributed by atoms with Gasteiger partial charge in [-0.25, -0.2) is 12.4 Å². The van der Waals surface area contributed by atoms with E-state index < -0.39 is 10.0 Å². The molecule has 0 radical (unpaired) electrons. The lowest BCUT2D eigenvalue weighted by Gasteiger charge is -2.12. The molecule has 0 unspecified atom stereocenters. The molecule has 0 atom stereocenters. The molecule has 3 aromatic rings. The van der Waals surface area contributed by atoms with Gasteiger partial charge < -0.3 is 0 Å². The first-order chi connectivity index (χ1) is 11.0. The summed E-state index contributed by atoms with van der Waals surface area (Å²) in [5.74, 6) is 0. The number of hydrogen-bond acceptors (Lipinski definition) is 2. The zero-order valence-corrected chi connectivity index (χ0v) is 14.0. The topological polar surface area (TPSA) is 39.1 Å². The Labute approximate surface area is 137 Å². The third-order valence-corrected chi connectivity index (χ3v) is 5.70. The maximum absolute atomic E-state index is 12.9. The molecule has 0 spiro atoms. The van der Waals surface area contributed by atoms with Crippen molar-refractivity contribution in [3.05, 3.63) is 89.2 Å². The molecular formula is C19H19NO2S. The highest BCUT2D eigenvalue weighted by Gasteiger charge is 2.20. The lowest BCUT2D eigenvalue weighted by Crippen LogP contribution is -2.15. The van der Waals surface area contributed by atoms with Crippen molar-refractivity contribution in [2.24, 2.45) is 0 Å². The van der Waals surface area contributed by atoms with Crippen LogP contribution in [0.15, 0.2) is 71.8 Å². The van der Waals surface area contributed by atoms with Gasteiger partial charge in [0.25, 0.3) is 10.0 Å². The van der Waals surface area contributed by atoms with E-state index in [1.807, 2.05) is 62.4 Å². The molecule has 0 amide bonds. The van der Waals surface area contributed by atoms with Crippen LogP contribution in [0.2, 0.25) is 0 Å². The third kappa shape index (κ3) is 3.08. The fourth-order valence-corrected chi connectivity index (χ4v) is 4.02. The summed E-state index contributed by atoms with van der Waals surface area (Å²) in [7, 11) is -3.57. The number of aromatic nitrogens is 1. The van der Waals surface area contributed by atoms with Crippen molar-refractivity contribution in [1.82, 2.24) is 3.97 Å². The molecule has 2 aromatic carbocycles. The van der Waals surface area contributed by atoms with Gasteiger partial charge in [0.15, 0.2) is 0 Å². The molecule has 1 heterocycles. The van der Waals surface area contributed by atoms with Gasteiger partial charge in [-0.05, 0) is 43.2 Å². The largest absolute Gasteiger partial charge is 0.267 e. The van der Waals surface area contributed by atoms with Crippen molar-refractivity contribution in [1.29, 1.82) is 0 Å². The molecule has 0 aliphatic carbocycles. The number of hydrogen-bond donors (Lipinski definition) is 0. The van der Waals surface area contributed by atoms with Gasteiger partial charge in [0.1, 0.15) is 0 Å². The SMILES string of the molecule is Cc1ccc(S(=O)(=O)n2ccc(C)c2Cc2ccccc2)cc1. The smallest absolute Gasteiger partial charge is 0.245 e. The average Bonchev–Trinajstić information content (AvgIpc) is 2.90. The van der Waals surface area contributed by atoms with Gasteiger partial charge in [0.2, 0.25) is 0 Å². The number of nitrogens with zero attached hydrogens (tertiary/aromatic N) is 1. The Morgan fingerprint density at radius 3 is 2.17 bits per heavy atom. The third-order valence-electron chi connectivity index (χ3n) is 3.97. The van der Waals surface area contributed by atoms with E-state index in [2.05, 4.69) is 0 Å². The summed E-state index contributed by atoms with van der Waals surface area (Å²) in [5, 5.41) is 0. The fraction of sp³-hybridized carbons (Fsp3) is 0.158. The first-order valence-electron chi connectivity index (χ1n) is 7.51. The zero-order valence-electron chi connectivity index (χ0n) is 13.2. The molecule has 3 rings (SSSR count). The van der Waals surface area contributed by atoms with Crippen molar-refractivity contribution in [2.75, 3.05) is 0 Å². The molecular weight excluding hydrogens is 306 g/mol. The van der Waals surface area contributed by atoms with Crippen LogP contribution in [-0.2, 0) is 16.4 Å². The molecule has 1 aromatic heterocycles. The van der Waals surface area contributed by atoms with Crippen molar-refractivity contribution in [3.63, 3.8) is 0 Å². The van der Waals surface area contributed by atoms with Crippen LogP contribution in [0.3, 0.4) is 0 Å². The monoisotopic (exact) mass is 325 g/mol. The van der Waals surface area contributed by atoms with Crippen LogP contribution in [0.5, 0.6) is 0 Å². The lowest BCUT2D eigenvalue weighted by atomic mass is 10.1. The van der Waals surface area contributed by atoms with Gasteiger partial charge in [-0.1, -0.05) is 48.0 Å². The van der Waals surface area contributed by atoms with E-state index in [-0.39, 0.29) is 0 Å². The summed E-state index contributed by atoms with van der Waals surface area (Å²) in [4.78, 5) is 0.313. The van der Waals surface area contributed by atoms with Gasteiger partial charge >= 0.3 is 0 Å². The predicted octanol–water partition coefficient (Wildman–Crippen LogP) is 3.93. The molecule has 118 valence electrons. The standard InChI is InChI=1S/C19H19NO2S/c1-15-8-10-18(11-9-15)23(21,22)20-13-12-16(2)19(20)14-17-6-4-3-5-7-17/h3-13H,14H2,1-2H3. The Kier molecular flexibility index (Phi) is 4.09. The summed E-state index contributed by atoms with van der Waals surface area (Å²) in [6, 6.07) is 18.7. The molecule has 3 nitrogen and oxygen atoms in total. The van der Waals surface area contributed by atoms with E-state index >= 15 is 0 Å². The number of aryl methyl sites for hydroxylation is 2. The second-order valence-electron chi connectivity index (χ2n) is 5.72. The highest BCUT2D eigenvalue weighted by molar-refractivity contribution is 7.90.